The first-order valence-electron chi connectivity index (χ1n) is 13.4. The molecule has 2 N–H and O–H groups in total. The molecule has 0 aromatic heterocycles. The molecule has 0 bridgehead atoms. The third-order valence-electron chi connectivity index (χ3n) is 7.25. The number of rotatable bonds is 10. The van der Waals surface area contributed by atoms with Crippen LogP contribution in [-0.4, -0.2) is 83.1 Å². The topological polar surface area (TPSA) is 143 Å². The zero-order valence-electron chi connectivity index (χ0n) is 24.1. The zero-order chi connectivity index (χ0) is 31.5. The van der Waals surface area contributed by atoms with E-state index in [2.05, 4.69) is 4.72 Å². The van der Waals surface area contributed by atoms with Crippen LogP contribution < -0.4 is 14.2 Å². The third kappa shape index (κ3) is 7.24. The lowest BCUT2D eigenvalue weighted by molar-refractivity contribution is 0.0387. The number of sulfonamides is 2. The fourth-order valence-electron chi connectivity index (χ4n) is 4.61. The molecule has 1 heterocycles. The number of likely N-dealkylation sites (N-methyl/N-ethyl adjacent to an activating group) is 1. The molecule has 43 heavy (non-hydrogen) atoms. The molecule has 3 atom stereocenters. The molecule has 0 saturated heterocycles. The van der Waals surface area contributed by atoms with E-state index in [9.17, 15) is 26.7 Å². The van der Waals surface area contributed by atoms with Crippen molar-refractivity contribution in [3.05, 3.63) is 77.3 Å². The van der Waals surface area contributed by atoms with Crippen molar-refractivity contribution in [2.75, 3.05) is 38.6 Å². The molecular weight excluding hydrogens is 618 g/mol. The van der Waals surface area contributed by atoms with E-state index in [1.807, 2.05) is 6.92 Å². The second-order valence-corrected chi connectivity index (χ2v) is 14.5. The van der Waals surface area contributed by atoms with Crippen LogP contribution in [0.2, 0.25) is 5.02 Å². The second kappa shape index (κ2) is 13.1. The Morgan fingerprint density at radius 1 is 1.07 bits per heavy atom. The lowest BCUT2D eigenvalue weighted by atomic mass is 9.99. The number of benzene rings is 3. The molecule has 0 unspecified atom stereocenters. The number of carbonyl (C=O) groups is 1. The van der Waals surface area contributed by atoms with Gasteiger partial charge >= 0.3 is 0 Å². The van der Waals surface area contributed by atoms with Gasteiger partial charge in [0.25, 0.3) is 15.9 Å². The Labute approximate surface area is 257 Å². The molecule has 0 fully saturated rings. The highest BCUT2D eigenvalue weighted by Crippen LogP contribution is 2.32. The molecule has 232 valence electrons. The molecule has 1 amide bonds. The van der Waals surface area contributed by atoms with Crippen molar-refractivity contribution in [3.8, 4) is 11.5 Å². The van der Waals surface area contributed by atoms with Gasteiger partial charge in [-0.1, -0.05) is 18.5 Å². The van der Waals surface area contributed by atoms with E-state index in [0.29, 0.717) is 10.8 Å². The Hall–Kier alpha value is -3.36. The molecule has 0 spiro atoms. The molecule has 3 aromatic rings. The largest absolute Gasteiger partial charge is 0.497 e. The van der Waals surface area contributed by atoms with E-state index in [1.165, 1.54) is 90.1 Å². The van der Waals surface area contributed by atoms with Gasteiger partial charge in [-0.05, 0) is 73.7 Å². The predicted octanol–water partition coefficient (Wildman–Crippen LogP) is 3.69. The number of halogens is 1. The highest BCUT2D eigenvalue weighted by Gasteiger charge is 2.35. The van der Waals surface area contributed by atoms with Gasteiger partial charge < -0.3 is 19.5 Å². The third-order valence-corrected chi connectivity index (χ3v) is 10.7. The van der Waals surface area contributed by atoms with Gasteiger partial charge in [0.1, 0.15) is 17.6 Å². The van der Waals surface area contributed by atoms with Gasteiger partial charge in [0.05, 0.1) is 41.7 Å². The van der Waals surface area contributed by atoms with E-state index in [4.69, 9.17) is 21.1 Å². The van der Waals surface area contributed by atoms with E-state index in [1.54, 1.807) is 6.92 Å². The molecule has 0 saturated carbocycles. The molecular formula is C29H34ClN3O8S2. The summed E-state index contributed by atoms with van der Waals surface area (Å²) in [5, 5.41) is 10.3. The van der Waals surface area contributed by atoms with Gasteiger partial charge in [-0.15, -0.1) is 0 Å². The maximum absolute atomic E-state index is 13.7. The average Bonchev–Trinajstić information content (AvgIpc) is 2.98. The van der Waals surface area contributed by atoms with Crippen LogP contribution in [0.15, 0.2) is 76.5 Å². The monoisotopic (exact) mass is 651 g/mol. The van der Waals surface area contributed by atoms with Crippen molar-refractivity contribution in [2.45, 2.75) is 35.8 Å². The summed E-state index contributed by atoms with van der Waals surface area (Å²) in [6.45, 7) is 3.32. The van der Waals surface area contributed by atoms with Gasteiger partial charge in [0, 0.05) is 30.2 Å². The second-order valence-electron chi connectivity index (χ2n) is 10.4. The summed E-state index contributed by atoms with van der Waals surface area (Å²) in [7, 11) is -4.98. The van der Waals surface area contributed by atoms with Gasteiger partial charge in [-0.25, -0.2) is 16.8 Å². The van der Waals surface area contributed by atoms with Gasteiger partial charge in [0.15, 0.2) is 0 Å². The fraction of sp³-hybridized carbons (Fsp3) is 0.345. The number of aliphatic hydroxyl groups is 1. The van der Waals surface area contributed by atoms with E-state index in [-0.39, 0.29) is 52.4 Å². The number of fused-ring (bicyclic) bond motifs is 1. The van der Waals surface area contributed by atoms with Crippen LogP contribution >= 0.6 is 11.6 Å². The Balaban J connectivity index is 1.67. The van der Waals surface area contributed by atoms with Gasteiger partial charge in [-0.3, -0.25) is 9.52 Å². The van der Waals surface area contributed by atoms with Crippen molar-refractivity contribution in [2.24, 2.45) is 5.92 Å². The van der Waals surface area contributed by atoms with Crippen LogP contribution in [-0.2, 0) is 20.0 Å². The first kappa shape index (κ1) is 32.6. The van der Waals surface area contributed by atoms with Crippen LogP contribution in [0.5, 0.6) is 11.5 Å². The number of aliphatic hydroxyl groups excluding tert-OH is 1. The van der Waals surface area contributed by atoms with Crippen molar-refractivity contribution < 1.29 is 36.2 Å². The van der Waals surface area contributed by atoms with Crippen LogP contribution in [0.4, 0.5) is 5.69 Å². The minimum absolute atomic E-state index is 0.00280. The van der Waals surface area contributed by atoms with Crippen LogP contribution in [0.1, 0.15) is 24.2 Å². The zero-order valence-corrected chi connectivity index (χ0v) is 26.5. The van der Waals surface area contributed by atoms with E-state index < -0.39 is 38.1 Å². The number of methoxy groups -OCH3 is 1. The molecule has 4 rings (SSSR count). The SMILES string of the molecule is COc1ccc(S(=O)(=O)Nc2ccc3c(c2)C(=O)N([C@H](C)CO)C[C@@H](C)[C@@H](CN(C)S(=O)(=O)c2ccc(Cl)cc2)O3)cc1. The van der Waals surface area contributed by atoms with E-state index >= 15 is 0 Å². The summed E-state index contributed by atoms with van der Waals surface area (Å²) in [6, 6.07) is 15.4. The number of hydrogen-bond donors (Lipinski definition) is 2. The molecule has 11 nitrogen and oxygen atoms in total. The summed E-state index contributed by atoms with van der Waals surface area (Å²) in [6.07, 6.45) is -0.700. The molecule has 0 aliphatic carbocycles. The lowest BCUT2D eigenvalue weighted by Crippen LogP contribution is -2.50. The van der Waals surface area contributed by atoms with Crippen molar-refractivity contribution >= 4 is 43.2 Å². The molecule has 0 radical (unpaired) electrons. The Morgan fingerprint density at radius 2 is 1.70 bits per heavy atom. The predicted molar refractivity (Wildman–Crippen MR) is 163 cm³/mol. The number of nitrogens with zero attached hydrogens (tertiary/aromatic N) is 2. The fourth-order valence-corrected chi connectivity index (χ4v) is 6.97. The molecule has 1 aliphatic heterocycles. The van der Waals surface area contributed by atoms with Crippen molar-refractivity contribution in [1.82, 2.24) is 9.21 Å². The minimum Gasteiger partial charge on any atom is -0.497 e. The highest BCUT2D eigenvalue weighted by molar-refractivity contribution is 7.92. The van der Waals surface area contributed by atoms with Gasteiger partial charge in [0.2, 0.25) is 10.0 Å². The maximum Gasteiger partial charge on any atom is 0.261 e. The number of hydrogen-bond acceptors (Lipinski definition) is 8. The molecule has 14 heteroatoms. The Kier molecular flexibility index (Phi) is 9.92. The quantitative estimate of drug-likeness (QED) is 0.338. The normalized spacial score (nSPS) is 18.3. The number of ether oxygens (including phenoxy) is 2. The van der Waals surface area contributed by atoms with Crippen molar-refractivity contribution in [1.29, 1.82) is 0 Å². The average molecular weight is 652 g/mol. The van der Waals surface area contributed by atoms with E-state index in [0.717, 1.165) is 0 Å². The summed E-state index contributed by atoms with van der Waals surface area (Å²) in [5.41, 5.74) is 0.186. The summed E-state index contributed by atoms with van der Waals surface area (Å²) in [5.74, 6) is -0.158. The number of carbonyl (C=O) groups excluding carboxylic acids is 1. The smallest absolute Gasteiger partial charge is 0.261 e. The summed E-state index contributed by atoms with van der Waals surface area (Å²) < 4.78 is 67.7. The molecule has 3 aromatic carbocycles. The van der Waals surface area contributed by atoms with Crippen LogP contribution in [0.25, 0.3) is 0 Å². The van der Waals surface area contributed by atoms with Gasteiger partial charge in [-0.2, -0.15) is 4.31 Å². The Morgan fingerprint density at radius 3 is 2.30 bits per heavy atom. The first-order chi connectivity index (χ1) is 20.3. The first-order valence-corrected chi connectivity index (χ1v) is 16.7. The summed E-state index contributed by atoms with van der Waals surface area (Å²) in [4.78, 5) is 15.3. The molecule has 1 aliphatic rings. The maximum atomic E-state index is 13.7. The van der Waals surface area contributed by atoms with Crippen molar-refractivity contribution in [3.63, 3.8) is 0 Å². The number of amides is 1. The number of nitrogens with one attached hydrogen (secondary N) is 1. The number of anilines is 1. The standard InChI is InChI=1S/C29H34ClN3O8S2/c1-19-16-33(20(2)18-34)29(35)26-15-22(31-42(36,37)24-12-8-23(40-4)9-13-24)7-14-27(26)41-28(19)17-32(3)43(38,39)25-10-5-21(30)6-11-25/h5-15,19-20,28,31,34H,16-18H2,1-4H3/t19-,20-,28-/m1/s1. The lowest BCUT2D eigenvalue weighted by Gasteiger charge is -2.38. The minimum atomic E-state index is -4.01. The van der Waals surface area contributed by atoms with Crippen LogP contribution in [0, 0.1) is 5.92 Å². The highest BCUT2D eigenvalue weighted by atomic mass is 35.5. The summed E-state index contributed by atoms with van der Waals surface area (Å²) >= 11 is 5.93. The Bertz CT molecular complexity index is 1670. The van der Waals surface area contributed by atoms with Crippen LogP contribution in [0.3, 0.4) is 0 Å².